The van der Waals surface area contributed by atoms with E-state index in [1.807, 2.05) is 25.2 Å². The molecule has 0 spiro atoms. The number of aliphatic imine (C=N–C) groups is 1. The molecule has 1 unspecified atom stereocenters. The molecular formula is C19H31N5O. The lowest BCUT2D eigenvalue weighted by molar-refractivity contribution is 0.209. The Kier molecular flexibility index (Phi) is 6.02. The molecule has 1 atom stereocenters. The summed E-state index contributed by atoms with van der Waals surface area (Å²) in [6.45, 7) is 7.01. The zero-order chi connectivity index (χ0) is 17.6. The van der Waals surface area contributed by atoms with Gasteiger partial charge < -0.3 is 25.1 Å². The van der Waals surface area contributed by atoms with Gasteiger partial charge in [0.25, 0.3) is 0 Å². The Hall–Kier alpha value is -1.95. The van der Waals surface area contributed by atoms with Crippen LogP contribution in [0, 0.1) is 5.92 Å². The van der Waals surface area contributed by atoms with Gasteiger partial charge in [-0.3, -0.25) is 4.99 Å². The molecule has 6 nitrogen and oxygen atoms in total. The average Bonchev–Trinajstić information content (AvgIpc) is 2.63. The second-order valence-electron chi connectivity index (χ2n) is 7.16. The van der Waals surface area contributed by atoms with Gasteiger partial charge in [-0.15, -0.1) is 0 Å². The number of rotatable bonds is 3. The van der Waals surface area contributed by atoms with Crippen LogP contribution in [0.1, 0.15) is 12.8 Å². The molecule has 0 radical (unpaired) electrons. The number of nitrogens with zero attached hydrogens (tertiary/aromatic N) is 4. The number of phenolic OH excluding ortho intramolecular Hbond substituents is 1. The number of phenols is 1. The quantitative estimate of drug-likeness (QED) is 0.641. The third-order valence-electron chi connectivity index (χ3n) is 5.28. The molecule has 0 bridgehead atoms. The van der Waals surface area contributed by atoms with Crippen LogP contribution in [0.3, 0.4) is 0 Å². The number of benzene rings is 1. The normalized spacial score (nSPS) is 23.0. The van der Waals surface area contributed by atoms with Gasteiger partial charge in [0.1, 0.15) is 5.75 Å². The molecule has 0 aromatic heterocycles. The monoisotopic (exact) mass is 345 g/mol. The lowest BCUT2D eigenvalue weighted by atomic mass is 9.98. The summed E-state index contributed by atoms with van der Waals surface area (Å²) < 4.78 is 0. The van der Waals surface area contributed by atoms with E-state index in [1.54, 1.807) is 6.07 Å². The maximum atomic E-state index is 10.0. The number of likely N-dealkylation sites (tertiary alicyclic amines) is 1. The Bertz CT molecular complexity index is 583. The number of anilines is 1. The minimum Gasteiger partial charge on any atom is -0.506 e. The van der Waals surface area contributed by atoms with Crippen LogP contribution in [-0.2, 0) is 0 Å². The van der Waals surface area contributed by atoms with Gasteiger partial charge in [0.2, 0.25) is 0 Å². The number of para-hydroxylation sites is 2. The summed E-state index contributed by atoms with van der Waals surface area (Å²) in [5, 5.41) is 13.6. The molecule has 6 heteroatoms. The van der Waals surface area contributed by atoms with Crippen molar-refractivity contribution in [3.63, 3.8) is 0 Å². The Labute approximate surface area is 151 Å². The van der Waals surface area contributed by atoms with Gasteiger partial charge in [0.15, 0.2) is 5.96 Å². The number of hydrogen-bond acceptors (Lipinski definition) is 4. The highest BCUT2D eigenvalue weighted by atomic mass is 16.3. The first-order chi connectivity index (χ1) is 12.2. The van der Waals surface area contributed by atoms with Crippen LogP contribution >= 0.6 is 0 Å². The van der Waals surface area contributed by atoms with Gasteiger partial charge in [0.05, 0.1) is 5.69 Å². The Morgan fingerprint density at radius 2 is 1.96 bits per heavy atom. The van der Waals surface area contributed by atoms with Crippen molar-refractivity contribution in [2.45, 2.75) is 12.8 Å². The molecule has 2 aliphatic rings. The van der Waals surface area contributed by atoms with E-state index < -0.39 is 0 Å². The minimum absolute atomic E-state index is 0.361. The zero-order valence-electron chi connectivity index (χ0n) is 15.5. The molecule has 25 heavy (non-hydrogen) atoms. The van der Waals surface area contributed by atoms with E-state index in [0.29, 0.717) is 11.7 Å². The molecular weight excluding hydrogens is 314 g/mol. The molecule has 3 rings (SSSR count). The fourth-order valence-electron chi connectivity index (χ4n) is 3.90. The van der Waals surface area contributed by atoms with Crippen LogP contribution < -0.4 is 10.2 Å². The number of aromatic hydroxyl groups is 1. The van der Waals surface area contributed by atoms with E-state index in [9.17, 15) is 5.11 Å². The third kappa shape index (κ3) is 4.57. The molecule has 2 fully saturated rings. The van der Waals surface area contributed by atoms with E-state index in [0.717, 1.165) is 44.4 Å². The highest BCUT2D eigenvalue weighted by Gasteiger charge is 2.22. The van der Waals surface area contributed by atoms with E-state index in [4.69, 9.17) is 0 Å². The minimum atomic E-state index is 0.361. The molecule has 1 aromatic carbocycles. The molecule has 2 saturated heterocycles. The second kappa shape index (κ2) is 8.43. The average molecular weight is 345 g/mol. The summed E-state index contributed by atoms with van der Waals surface area (Å²) in [6, 6.07) is 7.58. The van der Waals surface area contributed by atoms with Crippen LogP contribution in [0.15, 0.2) is 29.3 Å². The van der Waals surface area contributed by atoms with E-state index in [1.165, 1.54) is 25.9 Å². The largest absolute Gasteiger partial charge is 0.506 e. The molecule has 2 N–H and O–H groups in total. The van der Waals surface area contributed by atoms with Crippen LogP contribution in [0.4, 0.5) is 5.69 Å². The van der Waals surface area contributed by atoms with Crippen LogP contribution in [0.2, 0.25) is 0 Å². The van der Waals surface area contributed by atoms with Crippen LogP contribution in [0.25, 0.3) is 0 Å². The SMILES string of the molecule is CN=C(NCC1CCCN(C)C1)N1CCN(c2ccccc2O)CC1. The first kappa shape index (κ1) is 17.9. The summed E-state index contributed by atoms with van der Waals surface area (Å²) in [7, 11) is 4.07. The number of hydrogen-bond donors (Lipinski definition) is 2. The number of guanidine groups is 1. The first-order valence-corrected chi connectivity index (χ1v) is 9.34. The van der Waals surface area contributed by atoms with Crippen molar-refractivity contribution in [2.75, 3.05) is 64.8 Å². The van der Waals surface area contributed by atoms with Gasteiger partial charge in [-0.05, 0) is 44.5 Å². The van der Waals surface area contributed by atoms with Crippen molar-refractivity contribution < 1.29 is 5.11 Å². The van der Waals surface area contributed by atoms with E-state index >= 15 is 0 Å². The fourth-order valence-corrected chi connectivity index (χ4v) is 3.90. The van der Waals surface area contributed by atoms with Crippen molar-refractivity contribution in [3.05, 3.63) is 24.3 Å². The Balaban J connectivity index is 1.50. The predicted octanol–water partition coefficient (Wildman–Crippen LogP) is 1.43. The maximum absolute atomic E-state index is 10.0. The summed E-state index contributed by atoms with van der Waals surface area (Å²) in [6.07, 6.45) is 2.59. The van der Waals surface area contributed by atoms with Gasteiger partial charge in [-0.1, -0.05) is 12.1 Å². The topological polar surface area (TPSA) is 54.3 Å². The van der Waals surface area contributed by atoms with Gasteiger partial charge in [-0.25, -0.2) is 0 Å². The van der Waals surface area contributed by atoms with Crippen molar-refractivity contribution >= 4 is 11.6 Å². The summed E-state index contributed by atoms with van der Waals surface area (Å²) >= 11 is 0. The molecule has 1 aromatic rings. The van der Waals surface area contributed by atoms with Crippen molar-refractivity contribution in [1.29, 1.82) is 0 Å². The summed E-state index contributed by atoms with van der Waals surface area (Å²) in [5.41, 5.74) is 0.926. The molecule has 2 aliphatic heterocycles. The molecule has 2 heterocycles. The first-order valence-electron chi connectivity index (χ1n) is 9.34. The van der Waals surface area contributed by atoms with Crippen molar-refractivity contribution in [2.24, 2.45) is 10.9 Å². The van der Waals surface area contributed by atoms with Crippen LogP contribution in [-0.4, -0.2) is 80.8 Å². The third-order valence-corrected chi connectivity index (χ3v) is 5.28. The number of piperidine rings is 1. The van der Waals surface area contributed by atoms with Gasteiger partial charge in [-0.2, -0.15) is 0 Å². The highest BCUT2D eigenvalue weighted by Crippen LogP contribution is 2.27. The maximum Gasteiger partial charge on any atom is 0.193 e. The highest BCUT2D eigenvalue weighted by molar-refractivity contribution is 5.80. The molecule has 138 valence electrons. The lowest BCUT2D eigenvalue weighted by Gasteiger charge is -2.38. The smallest absolute Gasteiger partial charge is 0.193 e. The van der Waals surface area contributed by atoms with E-state index in [-0.39, 0.29) is 0 Å². The van der Waals surface area contributed by atoms with Crippen LogP contribution in [0.5, 0.6) is 5.75 Å². The van der Waals surface area contributed by atoms with Crippen molar-refractivity contribution in [1.82, 2.24) is 15.1 Å². The molecule has 0 aliphatic carbocycles. The Morgan fingerprint density at radius 1 is 1.20 bits per heavy atom. The predicted molar refractivity (Wildman–Crippen MR) is 103 cm³/mol. The summed E-state index contributed by atoms with van der Waals surface area (Å²) in [5.74, 6) is 2.07. The van der Waals surface area contributed by atoms with Gasteiger partial charge >= 0.3 is 0 Å². The standard InChI is InChI=1S/C19H31N5O/c1-20-19(21-14-16-6-5-9-22(2)15-16)24-12-10-23(11-13-24)17-7-3-4-8-18(17)25/h3-4,7-8,16,25H,5-6,9-15H2,1-2H3,(H,20,21). The number of piperazine rings is 1. The Morgan fingerprint density at radius 3 is 2.64 bits per heavy atom. The van der Waals surface area contributed by atoms with Crippen molar-refractivity contribution in [3.8, 4) is 5.75 Å². The molecule has 0 saturated carbocycles. The number of nitrogens with one attached hydrogen (secondary N) is 1. The molecule has 0 amide bonds. The lowest BCUT2D eigenvalue weighted by Crippen LogP contribution is -2.53. The van der Waals surface area contributed by atoms with Gasteiger partial charge in [0, 0.05) is 46.3 Å². The fraction of sp³-hybridized carbons (Fsp3) is 0.632. The summed E-state index contributed by atoms with van der Waals surface area (Å²) in [4.78, 5) is 11.5. The van der Waals surface area contributed by atoms with E-state index in [2.05, 4.69) is 32.1 Å². The zero-order valence-corrected chi connectivity index (χ0v) is 15.5. The second-order valence-corrected chi connectivity index (χ2v) is 7.16.